The van der Waals surface area contributed by atoms with E-state index in [1.807, 2.05) is 43.7 Å². The Morgan fingerprint density at radius 3 is 2.50 bits per heavy atom. The number of phenolic OH excluding ortho intramolecular Hbond substituents is 1. The van der Waals surface area contributed by atoms with E-state index in [0.717, 1.165) is 14.6 Å². The van der Waals surface area contributed by atoms with Crippen LogP contribution in [0, 0.1) is 7.14 Å². The number of quaternary nitrogens is 1. The second kappa shape index (κ2) is 6.38. The first kappa shape index (κ1) is 16.0. The summed E-state index contributed by atoms with van der Waals surface area (Å²) in [5, 5.41) is 9.84. The van der Waals surface area contributed by atoms with Crippen LogP contribution in [-0.2, 0) is 4.74 Å². The van der Waals surface area contributed by atoms with Crippen LogP contribution in [-0.4, -0.2) is 49.9 Å². The number of phenols is 1. The molecule has 0 aromatic heterocycles. The molecular weight excluding hydrogens is 460 g/mol. The molecular formula is C12H16I2NO3+. The maximum absolute atomic E-state index is 11.9. The highest BCUT2D eigenvalue weighted by atomic mass is 127. The van der Waals surface area contributed by atoms with E-state index in [2.05, 4.69) is 22.6 Å². The number of ether oxygens (including phenoxy) is 1. The third kappa shape index (κ3) is 4.88. The lowest BCUT2D eigenvalue weighted by molar-refractivity contribution is -0.870. The van der Waals surface area contributed by atoms with E-state index in [1.165, 1.54) is 0 Å². The van der Waals surface area contributed by atoms with Crippen LogP contribution in [0.25, 0.3) is 0 Å². The largest absolute Gasteiger partial charge is 0.506 e. The smallest absolute Gasteiger partial charge is 0.342 e. The number of likely N-dealkylation sites (N-methyl/N-ethyl adjacent to an activating group) is 1. The van der Waals surface area contributed by atoms with Gasteiger partial charge in [-0.3, -0.25) is 0 Å². The Morgan fingerprint density at radius 1 is 1.33 bits per heavy atom. The van der Waals surface area contributed by atoms with E-state index in [1.54, 1.807) is 12.1 Å². The standard InChI is InChI=1S/C12H15I2NO3/c1-15(2,3)4-5-18-12(17)9-6-8(13)7-10(14)11(9)16/h6-7H,4-5H2,1-3H3/p+1. The van der Waals surface area contributed by atoms with Crippen molar-refractivity contribution in [3.63, 3.8) is 0 Å². The lowest BCUT2D eigenvalue weighted by Gasteiger charge is -2.23. The molecule has 0 spiro atoms. The van der Waals surface area contributed by atoms with Crippen LogP contribution in [0.4, 0.5) is 0 Å². The third-order valence-corrected chi connectivity index (χ3v) is 3.69. The lowest BCUT2D eigenvalue weighted by atomic mass is 10.2. The van der Waals surface area contributed by atoms with Gasteiger partial charge in [0.15, 0.2) is 0 Å². The van der Waals surface area contributed by atoms with E-state index in [9.17, 15) is 9.90 Å². The molecule has 1 aromatic carbocycles. The van der Waals surface area contributed by atoms with Crippen LogP contribution in [0.15, 0.2) is 12.1 Å². The number of benzene rings is 1. The highest BCUT2D eigenvalue weighted by Gasteiger charge is 2.17. The second-order valence-electron chi connectivity index (χ2n) is 4.93. The maximum Gasteiger partial charge on any atom is 0.342 e. The molecule has 0 aliphatic rings. The number of nitrogens with zero attached hydrogens (tertiary/aromatic N) is 1. The zero-order chi connectivity index (χ0) is 13.9. The summed E-state index contributed by atoms with van der Waals surface area (Å²) in [4.78, 5) is 11.9. The molecule has 0 saturated heterocycles. The van der Waals surface area contributed by atoms with Crippen molar-refractivity contribution < 1.29 is 19.1 Å². The van der Waals surface area contributed by atoms with Crippen molar-refractivity contribution >= 4 is 51.2 Å². The zero-order valence-corrected chi connectivity index (χ0v) is 14.9. The summed E-state index contributed by atoms with van der Waals surface area (Å²) in [5.41, 5.74) is 0.229. The van der Waals surface area contributed by atoms with Gasteiger partial charge in [0.05, 0.1) is 24.7 Å². The van der Waals surface area contributed by atoms with Gasteiger partial charge in [-0.25, -0.2) is 4.79 Å². The Balaban J connectivity index is 2.73. The third-order valence-electron chi connectivity index (χ3n) is 2.24. The quantitative estimate of drug-likeness (QED) is 0.413. The van der Waals surface area contributed by atoms with Gasteiger partial charge in [-0.05, 0) is 57.3 Å². The minimum atomic E-state index is -0.475. The summed E-state index contributed by atoms with van der Waals surface area (Å²) in [6, 6.07) is 3.44. The van der Waals surface area contributed by atoms with Crippen molar-refractivity contribution in [2.45, 2.75) is 0 Å². The molecule has 100 valence electrons. The minimum absolute atomic E-state index is 0.00809. The van der Waals surface area contributed by atoms with Crippen molar-refractivity contribution in [1.82, 2.24) is 0 Å². The monoisotopic (exact) mass is 476 g/mol. The van der Waals surface area contributed by atoms with Crippen molar-refractivity contribution in [2.75, 3.05) is 34.3 Å². The Bertz CT molecular complexity index is 455. The molecule has 0 bridgehead atoms. The number of esters is 1. The van der Waals surface area contributed by atoms with Crippen LogP contribution >= 0.6 is 45.2 Å². The number of carbonyl (C=O) groups is 1. The van der Waals surface area contributed by atoms with Gasteiger partial charge in [0.25, 0.3) is 0 Å². The highest BCUT2D eigenvalue weighted by Crippen LogP contribution is 2.27. The van der Waals surface area contributed by atoms with Crippen LogP contribution in [0.5, 0.6) is 5.75 Å². The van der Waals surface area contributed by atoms with Gasteiger partial charge in [0.2, 0.25) is 0 Å². The lowest BCUT2D eigenvalue weighted by Crippen LogP contribution is -2.38. The highest BCUT2D eigenvalue weighted by molar-refractivity contribution is 14.1. The van der Waals surface area contributed by atoms with Crippen molar-refractivity contribution in [3.05, 3.63) is 24.8 Å². The van der Waals surface area contributed by atoms with Crippen LogP contribution in [0.2, 0.25) is 0 Å². The van der Waals surface area contributed by atoms with Gasteiger partial charge in [-0.15, -0.1) is 0 Å². The van der Waals surface area contributed by atoms with E-state index in [0.29, 0.717) is 10.2 Å². The Hall–Kier alpha value is -0.0900. The van der Waals surface area contributed by atoms with Gasteiger partial charge >= 0.3 is 5.97 Å². The SMILES string of the molecule is C[N+](C)(C)CCOC(=O)c1cc(I)cc(I)c1O. The Labute approximate surface area is 134 Å². The number of hydrogen-bond donors (Lipinski definition) is 1. The average Bonchev–Trinajstić information content (AvgIpc) is 2.21. The number of rotatable bonds is 4. The first-order chi connectivity index (χ1) is 8.20. The number of halogens is 2. The van der Waals surface area contributed by atoms with Crippen molar-refractivity contribution in [3.8, 4) is 5.75 Å². The summed E-state index contributed by atoms with van der Waals surface area (Å²) >= 11 is 4.10. The van der Waals surface area contributed by atoms with Gasteiger partial charge in [-0.2, -0.15) is 0 Å². The fourth-order valence-corrected chi connectivity index (χ4v) is 3.06. The van der Waals surface area contributed by atoms with E-state index < -0.39 is 5.97 Å². The van der Waals surface area contributed by atoms with Gasteiger partial charge in [0, 0.05) is 3.57 Å². The molecule has 0 amide bonds. The van der Waals surface area contributed by atoms with Crippen molar-refractivity contribution in [2.24, 2.45) is 0 Å². The Morgan fingerprint density at radius 2 is 1.94 bits per heavy atom. The minimum Gasteiger partial charge on any atom is -0.506 e. The van der Waals surface area contributed by atoms with Crippen LogP contribution in [0.1, 0.15) is 10.4 Å². The van der Waals surface area contributed by atoms with E-state index >= 15 is 0 Å². The first-order valence-electron chi connectivity index (χ1n) is 5.36. The molecule has 1 aromatic rings. The molecule has 4 nitrogen and oxygen atoms in total. The molecule has 1 rings (SSSR count). The molecule has 0 aliphatic heterocycles. The maximum atomic E-state index is 11.9. The molecule has 6 heteroatoms. The second-order valence-corrected chi connectivity index (χ2v) is 7.34. The summed E-state index contributed by atoms with van der Waals surface area (Å²) in [6.45, 7) is 1.07. The molecule has 0 aliphatic carbocycles. The molecule has 0 radical (unpaired) electrons. The zero-order valence-electron chi connectivity index (χ0n) is 10.5. The molecule has 0 saturated carbocycles. The molecule has 0 heterocycles. The fourth-order valence-electron chi connectivity index (χ4n) is 1.21. The molecule has 0 fully saturated rings. The molecule has 0 unspecified atom stereocenters. The van der Waals surface area contributed by atoms with Crippen LogP contribution in [0.3, 0.4) is 0 Å². The fraction of sp³-hybridized carbons (Fsp3) is 0.417. The molecule has 1 N–H and O–H groups in total. The van der Waals surface area contributed by atoms with Gasteiger partial charge < -0.3 is 14.3 Å². The van der Waals surface area contributed by atoms with Gasteiger partial charge in [0.1, 0.15) is 24.5 Å². The summed E-state index contributed by atoms with van der Waals surface area (Å²) in [6.07, 6.45) is 0. The molecule has 0 atom stereocenters. The van der Waals surface area contributed by atoms with E-state index in [4.69, 9.17) is 4.74 Å². The van der Waals surface area contributed by atoms with E-state index in [-0.39, 0.29) is 11.3 Å². The number of aromatic hydroxyl groups is 1. The Kier molecular flexibility index (Phi) is 5.66. The summed E-state index contributed by atoms with van der Waals surface area (Å²) < 4.78 is 7.45. The predicted molar refractivity (Wildman–Crippen MR) is 86.7 cm³/mol. The average molecular weight is 476 g/mol. The summed E-state index contributed by atoms with van der Waals surface area (Å²) in [5.74, 6) is -0.483. The summed E-state index contributed by atoms with van der Waals surface area (Å²) in [7, 11) is 6.08. The molecule has 18 heavy (non-hydrogen) atoms. The number of hydrogen-bond acceptors (Lipinski definition) is 3. The van der Waals surface area contributed by atoms with Crippen molar-refractivity contribution in [1.29, 1.82) is 0 Å². The first-order valence-corrected chi connectivity index (χ1v) is 7.52. The predicted octanol–water partition coefficient (Wildman–Crippen LogP) is 2.46. The van der Waals surface area contributed by atoms with Gasteiger partial charge in [-0.1, -0.05) is 0 Å². The topological polar surface area (TPSA) is 46.5 Å². The number of carbonyl (C=O) groups excluding carboxylic acids is 1. The normalized spacial score (nSPS) is 11.4. The van der Waals surface area contributed by atoms with Crippen LogP contribution < -0.4 is 0 Å².